The first-order chi connectivity index (χ1) is 7.06. The summed E-state index contributed by atoms with van der Waals surface area (Å²) in [5.74, 6) is 0.0226. The Bertz CT molecular complexity index is 483. The molecule has 76 valence electrons. The van der Waals surface area contributed by atoms with Crippen molar-refractivity contribution in [1.29, 1.82) is 0 Å². The highest BCUT2D eigenvalue weighted by Crippen LogP contribution is 2.14. The number of benzene rings is 1. The SMILES string of the molecule is O=Cc1c(F)ccc(C#CC(=O)O)c1F. The van der Waals surface area contributed by atoms with Crippen molar-refractivity contribution in [3.8, 4) is 11.8 Å². The fourth-order valence-electron chi connectivity index (χ4n) is 0.895. The molecule has 1 rings (SSSR count). The fourth-order valence-corrected chi connectivity index (χ4v) is 0.895. The van der Waals surface area contributed by atoms with Crippen LogP contribution in [-0.4, -0.2) is 17.4 Å². The first kappa shape index (κ1) is 10.9. The average molecular weight is 210 g/mol. The Balaban J connectivity index is 3.30. The third kappa shape index (κ3) is 2.38. The van der Waals surface area contributed by atoms with E-state index in [1.165, 1.54) is 0 Å². The summed E-state index contributed by atoms with van der Waals surface area (Å²) >= 11 is 0. The molecule has 0 fully saturated rings. The molecule has 1 aromatic carbocycles. The molecule has 0 saturated heterocycles. The lowest BCUT2D eigenvalue weighted by atomic mass is 10.1. The van der Waals surface area contributed by atoms with Gasteiger partial charge in [0.15, 0.2) is 12.1 Å². The summed E-state index contributed by atoms with van der Waals surface area (Å²) in [6.07, 6.45) is 0.0105. The van der Waals surface area contributed by atoms with Gasteiger partial charge in [0.05, 0.1) is 11.1 Å². The lowest BCUT2D eigenvalue weighted by molar-refractivity contribution is -0.130. The number of hydrogen-bond donors (Lipinski definition) is 1. The van der Waals surface area contributed by atoms with Crippen LogP contribution in [0.3, 0.4) is 0 Å². The number of aliphatic carboxylic acids is 1. The van der Waals surface area contributed by atoms with Crippen LogP contribution in [0.25, 0.3) is 0 Å². The van der Waals surface area contributed by atoms with Gasteiger partial charge in [-0.25, -0.2) is 13.6 Å². The Labute approximate surface area is 83.3 Å². The Kier molecular flexibility index (Phi) is 3.13. The van der Waals surface area contributed by atoms with Crippen LogP contribution in [-0.2, 0) is 4.79 Å². The fraction of sp³-hybridized carbons (Fsp3) is 0. The van der Waals surface area contributed by atoms with Gasteiger partial charge in [-0.2, -0.15) is 0 Å². The zero-order valence-electron chi connectivity index (χ0n) is 7.25. The second-order valence-corrected chi connectivity index (χ2v) is 2.50. The highest BCUT2D eigenvalue weighted by Gasteiger charge is 2.11. The molecule has 0 aliphatic heterocycles. The van der Waals surface area contributed by atoms with E-state index in [0.29, 0.717) is 0 Å². The molecule has 0 spiro atoms. The molecule has 5 heteroatoms. The molecular weight excluding hydrogens is 206 g/mol. The maximum atomic E-state index is 13.2. The first-order valence-corrected chi connectivity index (χ1v) is 3.74. The predicted octanol–water partition coefficient (Wildman–Crippen LogP) is 1.21. The van der Waals surface area contributed by atoms with E-state index < -0.39 is 23.2 Å². The molecule has 15 heavy (non-hydrogen) atoms. The molecule has 0 atom stereocenters. The molecule has 0 saturated carbocycles. The van der Waals surface area contributed by atoms with E-state index in [4.69, 9.17) is 5.11 Å². The molecule has 1 N–H and O–H groups in total. The van der Waals surface area contributed by atoms with Gasteiger partial charge >= 0.3 is 5.97 Å². The van der Waals surface area contributed by atoms with Crippen LogP contribution in [0, 0.1) is 23.5 Å². The normalized spacial score (nSPS) is 8.93. The molecular formula is C10H4F2O3. The lowest BCUT2D eigenvalue weighted by Crippen LogP contribution is -1.97. The van der Waals surface area contributed by atoms with Gasteiger partial charge in [0.2, 0.25) is 0 Å². The number of carbonyl (C=O) groups excluding carboxylic acids is 1. The van der Waals surface area contributed by atoms with Gasteiger partial charge < -0.3 is 5.11 Å². The first-order valence-electron chi connectivity index (χ1n) is 3.74. The van der Waals surface area contributed by atoms with Crippen molar-refractivity contribution in [2.45, 2.75) is 0 Å². The summed E-state index contributed by atoms with van der Waals surface area (Å²) in [7, 11) is 0. The number of aldehydes is 1. The summed E-state index contributed by atoms with van der Waals surface area (Å²) < 4.78 is 26.0. The number of rotatable bonds is 1. The van der Waals surface area contributed by atoms with Crippen molar-refractivity contribution in [3.63, 3.8) is 0 Å². The van der Waals surface area contributed by atoms with E-state index in [1.807, 2.05) is 5.92 Å². The summed E-state index contributed by atoms with van der Waals surface area (Å²) in [6.45, 7) is 0. The maximum Gasteiger partial charge on any atom is 0.382 e. The van der Waals surface area contributed by atoms with Gasteiger partial charge in [0.1, 0.15) is 5.82 Å². The summed E-state index contributed by atoms with van der Waals surface area (Å²) in [4.78, 5) is 20.4. The van der Waals surface area contributed by atoms with Crippen molar-refractivity contribution >= 4 is 12.3 Å². The summed E-state index contributed by atoms with van der Waals surface area (Å²) in [6, 6.07) is 1.81. The third-order valence-electron chi connectivity index (χ3n) is 1.55. The molecule has 0 bridgehead atoms. The van der Waals surface area contributed by atoms with Crippen molar-refractivity contribution in [1.82, 2.24) is 0 Å². The van der Waals surface area contributed by atoms with Crippen molar-refractivity contribution in [2.24, 2.45) is 0 Å². The zero-order valence-corrected chi connectivity index (χ0v) is 7.25. The monoisotopic (exact) mass is 210 g/mol. The largest absolute Gasteiger partial charge is 0.472 e. The predicted molar refractivity (Wildman–Crippen MR) is 46.3 cm³/mol. The van der Waals surface area contributed by atoms with E-state index in [9.17, 15) is 18.4 Å². The van der Waals surface area contributed by atoms with E-state index in [1.54, 1.807) is 5.92 Å². The van der Waals surface area contributed by atoms with Gasteiger partial charge in [-0.1, -0.05) is 5.92 Å². The van der Waals surface area contributed by atoms with Crippen molar-refractivity contribution < 1.29 is 23.5 Å². The van der Waals surface area contributed by atoms with E-state index in [0.717, 1.165) is 12.1 Å². The minimum absolute atomic E-state index is 0.0105. The summed E-state index contributed by atoms with van der Waals surface area (Å²) in [5.41, 5.74) is -1.09. The number of hydrogen-bond acceptors (Lipinski definition) is 2. The van der Waals surface area contributed by atoms with Crippen molar-refractivity contribution in [2.75, 3.05) is 0 Å². The van der Waals surface area contributed by atoms with Crippen LogP contribution in [0.2, 0.25) is 0 Å². The maximum absolute atomic E-state index is 13.2. The zero-order chi connectivity index (χ0) is 11.4. The van der Waals surface area contributed by atoms with Gasteiger partial charge in [-0.15, -0.1) is 0 Å². The van der Waals surface area contributed by atoms with E-state index in [2.05, 4.69) is 0 Å². The quantitative estimate of drug-likeness (QED) is 0.560. The molecule has 0 unspecified atom stereocenters. The van der Waals surface area contributed by atoms with Crippen LogP contribution >= 0.6 is 0 Å². The van der Waals surface area contributed by atoms with Crippen LogP contribution in [0.1, 0.15) is 15.9 Å². The highest BCUT2D eigenvalue weighted by molar-refractivity contribution is 5.87. The molecule has 0 heterocycles. The molecule has 0 aliphatic carbocycles. The van der Waals surface area contributed by atoms with Crippen LogP contribution < -0.4 is 0 Å². The highest BCUT2D eigenvalue weighted by atomic mass is 19.1. The Morgan fingerprint density at radius 3 is 2.60 bits per heavy atom. The third-order valence-corrected chi connectivity index (χ3v) is 1.55. The lowest BCUT2D eigenvalue weighted by Gasteiger charge is -1.98. The van der Waals surface area contributed by atoms with Crippen LogP contribution in [0.5, 0.6) is 0 Å². The molecule has 3 nitrogen and oxygen atoms in total. The number of halogens is 2. The van der Waals surface area contributed by atoms with Gasteiger partial charge in [-0.05, 0) is 12.1 Å². The number of carboxylic acids is 1. The van der Waals surface area contributed by atoms with E-state index in [-0.39, 0.29) is 11.8 Å². The minimum atomic E-state index is -1.44. The second-order valence-electron chi connectivity index (χ2n) is 2.50. The van der Waals surface area contributed by atoms with Gasteiger partial charge in [-0.3, -0.25) is 4.79 Å². The number of carbonyl (C=O) groups is 2. The van der Waals surface area contributed by atoms with Crippen LogP contribution in [0.15, 0.2) is 12.1 Å². The standard InChI is InChI=1S/C10H4F2O3/c11-8-3-1-6(2-4-9(14)15)10(12)7(8)5-13/h1,3,5H,(H,14,15). The van der Waals surface area contributed by atoms with Crippen molar-refractivity contribution in [3.05, 3.63) is 34.9 Å². The molecule has 0 aromatic heterocycles. The minimum Gasteiger partial charge on any atom is -0.472 e. The summed E-state index contributed by atoms with van der Waals surface area (Å²) in [5, 5.41) is 8.21. The second kappa shape index (κ2) is 4.33. The van der Waals surface area contributed by atoms with Crippen LogP contribution in [0.4, 0.5) is 8.78 Å². The average Bonchev–Trinajstić information content (AvgIpc) is 2.17. The molecule has 1 aromatic rings. The Hall–Kier alpha value is -2.22. The number of carboxylic acid groups (broad SMARTS) is 1. The molecule has 0 aliphatic rings. The van der Waals surface area contributed by atoms with Gasteiger partial charge in [0.25, 0.3) is 0 Å². The van der Waals surface area contributed by atoms with Gasteiger partial charge in [0, 0.05) is 5.92 Å². The molecule has 0 amide bonds. The molecule has 0 radical (unpaired) electrons. The van der Waals surface area contributed by atoms with E-state index >= 15 is 0 Å². The Morgan fingerprint density at radius 1 is 1.40 bits per heavy atom. The topological polar surface area (TPSA) is 54.4 Å². The smallest absolute Gasteiger partial charge is 0.382 e. The Morgan fingerprint density at radius 2 is 2.07 bits per heavy atom.